The summed E-state index contributed by atoms with van der Waals surface area (Å²) in [6, 6.07) is 0.161. The lowest BCUT2D eigenvalue weighted by molar-refractivity contribution is -0.0935. The highest BCUT2D eigenvalue weighted by Crippen LogP contribution is 2.32. The molecule has 2 atom stereocenters. The molecule has 1 saturated carbocycles. The van der Waals surface area contributed by atoms with Gasteiger partial charge in [0, 0.05) is 6.04 Å². The van der Waals surface area contributed by atoms with Gasteiger partial charge in [0.1, 0.15) is 0 Å². The van der Waals surface area contributed by atoms with E-state index in [-0.39, 0.29) is 17.6 Å². The Morgan fingerprint density at radius 1 is 1.18 bits per heavy atom. The molecule has 1 aliphatic rings. The van der Waals surface area contributed by atoms with Crippen LogP contribution in [0.3, 0.4) is 0 Å². The lowest BCUT2D eigenvalue weighted by Crippen LogP contribution is -2.47. The van der Waals surface area contributed by atoms with Gasteiger partial charge in [0.05, 0.1) is 12.2 Å². The SMILES string of the molecule is CCC(N)C(OC1CCC(C)CC1)C(C)(C)C. The van der Waals surface area contributed by atoms with Crippen molar-refractivity contribution in [1.29, 1.82) is 0 Å². The zero-order valence-electron chi connectivity index (χ0n) is 12.3. The number of nitrogens with two attached hydrogens (primary N) is 1. The highest BCUT2D eigenvalue weighted by molar-refractivity contribution is 4.85. The van der Waals surface area contributed by atoms with Crippen molar-refractivity contribution in [1.82, 2.24) is 0 Å². The van der Waals surface area contributed by atoms with Gasteiger partial charge in [-0.05, 0) is 43.4 Å². The van der Waals surface area contributed by atoms with Crippen molar-refractivity contribution in [3.05, 3.63) is 0 Å². The maximum atomic E-state index is 6.33. The zero-order chi connectivity index (χ0) is 13.1. The van der Waals surface area contributed by atoms with Crippen LogP contribution in [0.5, 0.6) is 0 Å². The fourth-order valence-electron chi connectivity index (χ4n) is 2.73. The molecule has 2 unspecified atom stereocenters. The summed E-state index contributed by atoms with van der Waals surface area (Å²) in [6.07, 6.45) is 6.66. The van der Waals surface area contributed by atoms with E-state index in [0.29, 0.717) is 6.10 Å². The molecule has 0 aromatic rings. The van der Waals surface area contributed by atoms with E-state index in [0.717, 1.165) is 12.3 Å². The predicted octanol–water partition coefficient (Wildman–Crippen LogP) is 3.73. The molecule has 2 N–H and O–H groups in total. The van der Waals surface area contributed by atoms with Crippen LogP contribution in [0.4, 0.5) is 0 Å². The Hall–Kier alpha value is -0.0800. The van der Waals surface area contributed by atoms with Crippen LogP contribution in [0.25, 0.3) is 0 Å². The minimum absolute atomic E-state index is 0.137. The Morgan fingerprint density at radius 3 is 2.12 bits per heavy atom. The average Bonchev–Trinajstić information content (AvgIpc) is 2.25. The fourth-order valence-corrected chi connectivity index (χ4v) is 2.73. The van der Waals surface area contributed by atoms with Gasteiger partial charge in [-0.15, -0.1) is 0 Å². The first-order chi connectivity index (χ1) is 7.84. The van der Waals surface area contributed by atoms with Crippen LogP contribution in [0.1, 0.15) is 66.7 Å². The van der Waals surface area contributed by atoms with Crippen LogP contribution < -0.4 is 5.73 Å². The van der Waals surface area contributed by atoms with Gasteiger partial charge in [-0.3, -0.25) is 0 Å². The Bertz CT molecular complexity index is 213. The second-order valence-electron chi connectivity index (χ2n) is 6.88. The molecule has 0 heterocycles. The van der Waals surface area contributed by atoms with Gasteiger partial charge in [-0.25, -0.2) is 0 Å². The smallest absolute Gasteiger partial charge is 0.0777 e. The van der Waals surface area contributed by atoms with Crippen LogP contribution in [0.15, 0.2) is 0 Å². The molecule has 0 aromatic heterocycles. The van der Waals surface area contributed by atoms with Gasteiger partial charge in [-0.1, -0.05) is 34.6 Å². The molecule has 2 heteroatoms. The van der Waals surface area contributed by atoms with E-state index in [1.54, 1.807) is 0 Å². The number of hydrogen-bond acceptors (Lipinski definition) is 2. The molecule has 0 aliphatic heterocycles. The molecule has 0 saturated heterocycles. The topological polar surface area (TPSA) is 35.2 Å². The lowest BCUT2D eigenvalue weighted by atomic mass is 9.83. The molecule has 1 rings (SSSR count). The second kappa shape index (κ2) is 6.19. The van der Waals surface area contributed by atoms with Gasteiger partial charge < -0.3 is 10.5 Å². The predicted molar refractivity (Wildman–Crippen MR) is 74.0 cm³/mol. The summed E-state index contributed by atoms with van der Waals surface area (Å²) in [7, 11) is 0. The molecule has 1 fully saturated rings. The summed E-state index contributed by atoms with van der Waals surface area (Å²) in [5, 5.41) is 0. The Morgan fingerprint density at radius 2 is 1.71 bits per heavy atom. The van der Waals surface area contributed by atoms with E-state index < -0.39 is 0 Å². The maximum Gasteiger partial charge on any atom is 0.0777 e. The van der Waals surface area contributed by atoms with Crippen molar-refractivity contribution >= 4 is 0 Å². The molecule has 2 nitrogen and oxygen atoms in total. The average molecular weight is 241 g/mol. The molecule has 0 radical (unpaired) electrons. The molecule has 0 aromatic carbocycles. The third-order valence-electron chi connectivity index (χ3n) is 4.02. The third kappa shape index (κ3) is 4.59. The maximum absolute atomic E-state index is 6.33. The number of ether oxygens (including phenoxy) is 1. The minimum atomic E-state index is 0.137. The molecule has 17 heavy (non-hydrogen) atoms. The number of rotatable bonds is 4. The lowest BCUT2D eigenvalue weighted by Gasteiger charge is -2.39. The van der Waals surface area contributed by atoms with Crippen molar-refractivity contribution < 1.29 is 4.74 Å². The largest absolute Gasteiger partial charge is 0.373 e. The standard InChI is InChI=1S/C15H31NO/c1-6-13(16)14(15(3,4)5)17-12-9-7-11(2)8-10-12/h11-14H,6-10,16H2,1-5H3. The van der Waals surface area contributed by atoms with Crippen molar-refractivity contribution in [3.8, 4) is 0 Å². The first-order valence-corrected chi connectivity index (χ1v) is 7.25. The van der Waals surface area contributed by atoms with Gasteiger partial charge in [-0.2, -0.15) is 0 Å². The van der Waals surface area contributed by atoms with Gasteiger partial charge >= 0.3 is 0 Å². The van der Waals surface area contributed by atoms with E-state index in [1.165, 1.54) is 25.7 Å². The summed E-state index contributed by atoms with van der Waals surface area (Å²) >= 11 is 0. The third-order valence-corrected chi connectivity index (χ3v) is 4.02. The number of hydrogen-bond donors (Lipinski definition) is 1. The van der Waals surface area contributed by atoms with Gasteiger partial charge in [0.15, 0.2) is 0 Å². The van der Waals surface area contributed by atoms with E-state index in [4.69, 9.17) is 10.5 Å². The molecule has 1 aliphatic carbocycles. The molecule has 0 bridgehead atoms. The van der Waals surface area contributed by atoms with E-state index >= 15 is 0 Å². The van der Waals surface area contributed by atoms with Crippen molar-refractivity contribution in [2.45, 2.75) is 85.0 Å². The van der Waals surface area contributed by atoms with Crippen LogP contribution in [-0.2, 0) is 4.74 Å². The van der Waals surface area contributed by atoms with Crippen LogP contribution in [0, 0.1) is 11.3 Å². The van der Waals surface area contributed by atoms with E-state index in [1.807, 2.05) is 0 Å². The van der Waals surface area contributed by atoms with E-state index in [9.17, 15) is 0 Å². The summed E-state index contributed by atoms with van der Waals surface area (Å²) < 4.78 is 6.33. The van der Waals surface area contributed by atoms with Crippen LogP contribution >= 0.6 is 0 Å². The van der Waals surface area contributed by atoms with Gasteiger partial charge in [0.25, 0.3) is 0 Å². The van der Waals surface area contributed by atoms with Crippen molar-refractivity contribution in [2.24, 2.45) is 17.1 Å². The Kier molecular flexibility index (Phi) is 5.46. The van der Waals surface area contributed by atoms with Crippen molar-refractivity contribution in [3.63, 3.8) is 0 Å². The quantitative estimate of drug-likeness (QED) is 0.814. The fraction of sp³-hybridized carbons (Fsp3) is 1.00. The first-order valence-electron chi connectivity index (χ1n) is 7.25. The summed E-state index contributed by atoms with van der Waals surface area (Å²) in [5.74, 6) is 0.878. The summed E-state index contributed by atoms with van der Waals surface area (Å²) in [5.41, 5.74) is 6.36. The minimum Gasteiger partial charge on any atom is -0.373 e. The molecule has 0 amide bonds. The molecule has 0 spiro atoms. The van der Waals surface area contributed by atoms with Gasteiger partial charge in [0.2, 0.25) is 0 Å². The highest BCUT2D eigenvalue weighted by Gasteiger charge is 2.33. The normalized spacial score (nSPS) is 30.0. The monoisotopic (exact) mass is 241 g/mol. The first kappa shape index (κ1) is 15.0. The van der Waals surface area contributed by atoms with E-state index in [2.05, 4.69) is 34.6 Å². The molecular weight excluding hydrogens is 210 g/mol. The van der Waals surface area contributed by atoms with Crippen molar-refractivity contribution in [2.75, 3.05) is 0 Å². The second-order valence-corrected chi connectivity index (χ2v) is 6.88. The molecule has 102 valence electrons. The van der Waals surface area contributed by atoms with Crippen LogP contribution in [-0.4, -0.2) is 18.2 Å². The Labute approximate surface area is 107 Å². The summed E-state index contributed by atoms with van der Waals surface area (Å²) in [6.45, 7) is 11.2. The summed E-state index contributed by atoms with van der Waals surface area (Å²) in [4.78, 5) is 0. The van der Waals surface area contributed by atoms with Crippen LogP contribution in [0.2, 0.25) is 0 Å². The highest BCUT2D eigenvalue weighted by atomic mass is 16.5. The molecular formula is C15H31NO. The zero-order valence-corrected chi connectivity index (χ0v) is 12.3. The Balaban J connectivity index is 2.54.